The van der Waals surface area contributed by atoms with Gasteiger partial charge in [-0.1, -0.05) is 6.42 Å². The van der Waals surface area contributed by atoms with Gasteiger partial charge in [0.1, 0.15) is 0 Å². The van der Waals surface area contributed by atoms with Gasteiger partial charge in [-0.3, -0.25) is 4.68 Å². The fourth-order valence-electron chi connectivity index (χ4n) is 2.10. The average Bonchev–Trinajstić information content (AvgIpc) is 2.30. The predicted molar refractivity (Wildman–Crippen MR) is 50.7 cm³/mol. The van der Waals surface area contributed by atoms with Crippen molar-refractivity contribution in [2.75, 3.05) is 13.1 Å². The molecule has 0 radical (unpaired) electrons. The molecule has 0 amide bonds. The van der Waals surface area contributed by atoms with E-state index in [1.54, 1.807) is 0 Å². The topological polar surface area (TPSA) is 29.9 Å². The number of nitrogens with one attached hydrogen (secondary N) is 1. The van der Waals surface area contributed by atoms with Crippen LogP contribution in [0.15, 0.2) is 12.3 Å². The predicted octanol–water partition coefficient (Wildman–Crippen LogP) is 1.29. The summed E-state index contributed by atoms with van der Waals surface area (Å²) in [5, 5.41) is 7.71. The Labute approximate surface area is 78.1 Å². The van der Waals surface area contributed by atoms with Crippen molar-refractivity contribution in [3.05, 3.63) is 18.0 Å². The van der Waals surface area contributed by atoms with Crippen molar-refractivity contribution in [1.82, 2.24) is 15.1 Å². The first-order chi connectivity index (χ1) is 6.45. The zero-order valence-corrected chi connectivity index (χ0v) is 7.74. The zero-order valence-electron chi connectivity index (χ0n) is 7.74. The third-order valence-electron chi connectivity index (χ3n) is 3.33. The Morgan fingerprint density at radius 3 is 2.77 bits per heavy atom. The van der Waals surface area contributed by atoms with Crippen molar-refractivity contribution in [2.24, 2.45) is 0 Å². The smallest absolute Gasteiger partial charge is 0.0771 e. The van der Waals surface area contributed by atoms with Gasteiger partial charge in [-0.05, 0) is 18.9 Å². The maximum atomic E-state index is 4.42. The summed E-state index contributed by atoms with van der Waals surface area (Å²) in [7, 11) is 0. The van der Waals surface area contributed by atoms with Crippen LogP contribution in [0.3, 0.4) is 0 Å². The molecule has 70 valence electrons. The summed E-state index contributed by atoms with van der Waals surface area (Å²) >= 11 is 0. The van der Waals surface area contributed by atoms with E-state index < -0.39 is 0 Å². The summed E-state index contributed by atoms with van der Waals surface area (Å²) < 4.78 is 2.24. The molecule has 0 aromatic carbocycles. The molecule has 1 N–H and O–H groups in total. The van der Waals surface area contributed by atoms with E-state index in [4.69, 9.17) is 0 Å². The molecule has 1 aromatic heterocycles. The molecule has 0 spiro atoms. The van der Waals surface area contributed by atoms with Crippen molar-refractivity contribution in [3.63, 3.8) is 0 Å². The molecular formula is C10H15N3. The number of nitrogens with zero attached hydrogens (tertiary/aromatic N) is 2. The van der Waals surface area contributed by atoms with Crippen LogP contribution in [0.5, 0.6) is 0 Å². The largest absolute Gasteiger partial charge is 0.312 e. The second kappa shape index (κ2) is 2.84. The molecule has 2 heterocycles. The molecule has 3 heteroatoms. The van der Waals surface area contributed by atoms with Crippen LogP contribution in [0.25, 0.3) is 0 Å². The number of hydrogen-bond donors (Lipinski definition) is 1. The Hall–Kier alpha value is -0.830. The first kappa shape index (κ1) is 7.56. The highest BCUT2D eigenvalue weighted by Gasteiger charge is 2.27. The maximum Gasteiger partial charge on any atom is 0.0771 e. The van der Waals surface area contributed by atoms with Crippen LogP contribution in [0.4, 0.5) is 0 Å². The van der Waals surface area contributed by atoms with E-state index in [1.807, 2.05) is 6.20 Å². The summed E-state index contributed by atoms with van der Waals surface area (Å²) in [5.41, 5.74) is 1.47. The molecule has 1 saturated heterocycles. The second-order valence-electron chi connectivity index (χ2n) is 4.14. The molecule has 13 heavy (non-hydrogen) atoms. The van der Waals surface area contributed by atoms with Gasteiger partial charge in [0.25, 0.3) is 0 Å². The van der Waals surface area contributed by atoms with Crippen molar-refractivity contribution in [3.8, 4) is 0 Å². The molecule has 1 aliphatic carbocycles. The van der Waals surface area contributed by atoms with Crippen LogP contribution in [0, 0.1) is 0 Å². The van der Waals surface area contributed by atoms with Gasteiger partial charge in [0.2, 0.25) is 0 Å². The summed E-state index contributed by atoms with van der Waals surface area (Å²) in [4.78, 5) is 0. The molecule has 2 fully saturated rings. The number of rotatable bonds is 2. The van der Waals surface area contributed by atoms with Crippen LogP contribution < -0.4 is 5.32 Å². The third-order valence-corrected chi connectivity index (χ3v) is 3.33. The van der Waals surface area contributed by atoms with E-state index >= 15 is 0 Å². The van der Waals surface area contributed by atoms with Crippen LogP contribution >= 0.6 is 0 Å². The Bertz CT molecular complexity index is 268. The van der Waals surface area contributed by atoms with Crippen molar-refractivity contribution >= 4 is 0 Å². The normalized spacial score (nSPS) is 24.0. The monoisotopic (exact) mass is 177 g/mol. The van der Waals surface area contributed by atoms with E-state index in [-0.39, 0.29) is 0 Å². The summed E-state index contributed by atoms with van der Waals surface area (Å²) in [6, 6.07) is 2.83. The minimum atomic E-state index is 0.630. The summed E-state index contributed by atoms with van der Waals surface area (Å²) in [6.45, 7) is 2.20. The minimum absolute atomic E-state index is 0.630. The Morgan fingerprint density at radius 1 is 1.38 bits per heavy atom. The molecular weight excluding hydrogens is 162 g/mol. The maximum absolute atomic E-state index is 4.42. The first-order valence-electron chi connectivity index (χ1n) is 5.19. The fourth-order valence-corrected chi connectivity index (χ4v) is 2.10. The molecule has 3 nitrogen and oxygen atoms in total. The van der Waals surface area contributed by atoms with Gasteiger partial charge in [-0.2, -0.15) is 5.10 Å². The van der Waals surface area contributed by atoms with E-state index in [9.17, 15) is 0 Å². The molecule has 3 rings (SSSR count). The number of hydrogen-bond acceptors (Lipinski definition) is 2. The van der Waals surface area contributed by atoms with E-state index in [2.05, 4.69) is 21.2 Å². The van der Waals surface area contributed by atoms with Crippen molar-refractivity contribution in [2.45, 2.75) is 31.2 Å². The first-order valence-corrected chi connectivity index (χ1v) is 5.19. The molecule has 1 aliphatic heterocycles. The van der Waals surface area contributed by atoms with Gasteiger partial charge in [-0.15, -0.1) is 0 Å². The molecule has 1 saturated carbocycles. The average molecular weight is 177 g/mol. The Morgan fingerprint density at radius 2 is 2.23 bits per heavy atom. The molecule has 2 aliphatic rings. The van der Waals surface area contributed by atoms with Crippen LogP contribution in [-0.2, 0) is 0 Å². The molecule has 0 atom stereocenters. The fraction of sp³-hybridized carbons (Fsp3) is 0.700. The Balaban J connectivity index is 1.86. The lowest BCUT2D eigenvalue weighted by Gasteiger charge is -2.33. The highest BCUT2D eigenvalue weighted by molar-refractivity contribution is 5.12. The molecule has 0 bridgehead atoms. The SMILES string of the molecule is c1cc(C2CCC2)n(C2CNC2)n1. The van der Waals surface area contributed by atoms with E-state index in [0.29, 0.717) is 6.04 Å². The quantitative estimate of drug-likeness (QED) is 0.737. The molecule has 1 aromatic rings. The second-order valence-corrected chi connectivity index (χ2v) is 4.14. The third kappa shape index (κ3) is 1.10. The minimum Gasteiger partial charge on any atom is -0.312 e. The van der Waals surface area contributed by atoms with Crippen LogP contribution in [0.2, 0.25) is 0 Å². The zero-order chi connectivity index (χ0) is 8.67. The van der Waals surface area contributed by atoms with Crippen LogP contribution in [0.1, 0.15) is 36.9 Å². The van der Waals surface area contributed by atoms with Gasteiger partial charge < -0.3 is 5.32 Å². The van der Waals surface area contributed by atoms with Gasteiger partial charge >= 0.3 is 0 Å². The van der Waals surface area contributed by atoms with Gasteiger partial charge in [0.05, 0.1) is 6.04 Å². The molecule has 0 unspecified atom stereocenters. The Kier molecular flexibility index (Phi) is 1.65. The van der Waals surface area contributed by atoms with E-state index in [1.165, 1.54) is 25.0 Å². The number of aromatic nitrogens is 2. The summed E-state index contributed by atoms with van der Waals surface area (Å²) in [6.07, 6.45) is 6.09. The highest BCUT2D eigenvalue weighted by atomic mass is 15.3. The highest BCUT2D eigenvalue weighted by Crippen LogP contribution is 2.37. The van der Waals surface area contributed by atoms with E-state index in [0.717, 1.165) is 19.0 Å². The van der Waals surface area contributed by atoms with Gasteiger partial charge in [-0.25, -0.2) is 0 Å². The van der Waals surface area contributed by atoms with Crippen molar-refractivity contribution < 1.29 is 0 Å². The lowest BCUT2D eigenvalue weighted by atomic mass is 9.82. The van der Waals surface area contributed by atoms with Gasteiger partial charge in [0.15, 0.2) is 0 Å². The lowest BCUT2D eigenvalue weighted by Crippen LogP contribution is -2.44. The lowest BCUT2D eigenvalue weighted by molar-refractivity contribution is 0.289. The van der Waals surface area contributed by atoms with Crippen molar-refractivity contribution in [1.29, 1.82) is 0 Å². The standard InChI is InChI=1S/C10H15N3/c1-2-8(3-1)10-4-5-12-13(10)9-6-11-7-9/h4-5,8-9,11H,1-3,6-7H2. The van der Waals surface area contributed by atoms with Crippen LogP contribution in [-0.4, -0.2) is 22.9 Å². The summed E-state index contributed by atoms with van der Waals surface area (Å²) in [5.74, 6) is 0.808. The van der Waals surface area contributed by atoms with Gasteiger partial charge in [0, 0.05) is 30.9 Å².